The summed E-state index contributed by atoms with van der Waals surface area (Å²) in [5.41, 5.74) is 2.96. The van der Waals surface area contributed by atoms with E-state index in [0.29, 0.717) is 13.2 Å². The van der Waals surface area contributed by atoms with E-state index >= 15 is 0 Å². The first kappa shape index (κ1) is 23.6. The van der Waals surface area contributed by atoms with Crippen molar-refractivity contribution in [3.8, 4) is 5.75 Å². The molecule has 0 saturated heterocycles. The highest BCUT2D eigenvalue weighted by Crippen LogP contribution is 2.20. The number of para-hydroxylation sites is 3. The van der Waals surface area contributed by atoms with Crippen LogP contribution in [0, 0.1) is 5.41 Å². The summed E-state index contributed by atoms with van der Waals surface area (Å²) in [6.45, 7) is 11.8. The first-order chi connectivity index (χ1) is 15.4. The van der Waals surface area contributed by atoms with Crippen LogP contribution in [0.15, 0.2) is 61.2 Å². The zero-order valence-electron chi connectivity index (χ0n) is 19.6. The Morgan fingerprint density at radius 2 is 1.88 bits per heavy atom. The zero-order valence-corrected chi connectivity index (χ0v) is 19.6. The van der Waals surface area contributed by atoms with Gasteiger partial charge in [0.25, 0.3) is 0 Å². The van der Waals surface area contributed by atoms with Crippen LogP contribution in [0.5, 0.6) is 5.75 Å². The van der Waals surface area contributed by atoms with Crippen molar-refractivity contribution in [1.82, 2.24) is 14.9 Å². The summed E-state index contributed by atoms with van der Waals surface area (Å²) in [6, 6.07) is 16.4. The van der Waals surface area contributed by atoms with E-state index < -0.39 is 0 Å². The van der Waals surface area contributed by atoms with Gasteiger partial charge in [0.05, 0.1) is 17.6 Å². The third-order valence-corrected chi connectivity index (χ3v) is 5.40. The van der Waals surface area contributed by atoms with Gasteiger partial charge in [0.1, 0.15) is 11.6 Å². The average molecular weight is 434 g/mol. The van der Waals surface area contributed by atoms with E-state index in [2.05, 4.69) is 40.7 Å². The lowest BCUT2D eigenvalue weighted by Gasteiger charge is -2.17. The van der Waals surface area contributed by atoms with Crippen LogP contribution in [0.2, 0.25) is 0 Å². The molecule has 0 atom stereocenters. The number of hydrogen-bond donors (Lipinski definition) is 1. The van der Waals surface area contributed by atoms with Crippen LogP contribution in [-0.4, -0.2) is 28.6 Å². The van der Waals surface area contributed by atoms with Gasteiger partial charge >= 0.3 is 0 Å². The van der Waals surface area contributed by atoms with Gasteiger partial charge in [-0.15, -0.1) is 6.58 Å². The van der Waals surface area contributed by atoms with Crippen molar-refractivity contribution in [1.29, 1.82) is 0 Å². The Bertz CT molecular complexity index is 1050. The Hall–Kier alpha value is -3.08. The molecule has 0 bridgehead atoms. The maximum absolute atomic E-state index is 12.1. The minimum absolute atomic E-state index is 0.0832. The van der Waals surface area contributed by atoms with Gasteiger partial charge in [-0.2, -0.15) is 0 Å². The maximum Gasteiger partial charge on any atom is 0.225 e. The van der Waals surface area contributed by atoms with Gasteiger partial charge in [-0.3, -0.25) is 4.79 Å². The molecule has 0 unspecified atom stereocenters. The summed E-state index contributed by atoms with van der Waals surface area (Å²) in [5.74, 6) is 2.07. The number of fused-ring (bicyclic) bond motifs is 1. The van der Waals surface area contributed by atoms with Crippen molar-refractivity contribution in [2.75, 3.05) is 13.2 Å². The second-order valence-corrected chi connectivity index (χ2v) is 9.08. The van der Waals surface area contributed by atoms with Gasteiger partial charge in [0.15, 0.2) is 0 Å². The van der Waals surface area contributed by atoms with Gasteiger partial charge < -0.3 is 14.6 Å². The molecule has 0 aliphatic heterocycles. The Morgan fingerprint density at radius 1 is 1.12 bits per heavy atom. The molecule has 3 rings (SSSR count). The second kappa shape index (κ2) is 11.0. The fourth-order valence-electron chi connectivity index (χ4n) is 3.65. The standard InChI is InChI=1S/C27H35N3O2/c1-5-12-21-13-6-9-16-24(21)32-20-11-19-30-23-15-8-7-14-22(23)29-25(30)17-10-18-28-26(31)27(2,3)4/h5-9,13-16H,1,10-12,17-20H2,2-4H3,(H,28,31). The number of ether oxygens (including phenoxy) is 1. The summed E-state index contributed by atoms with van der Waals surface area (Å²) in [4.78, 5) is 16.9. The summed E-state index contributed by atoms with van der Waals surface area (Å²) in [5, 5.41) is 3.03. The molecule has 170 valence electrons. The Balaban J connectivity index is 1.59. The lowest BCUT2D eigenvalue weighted by Crippen LogP contribution is -2.35. The third kappa shape index (κ3) is 6.22. The fraction of sp³-hybridized carbons (Fsp3) is 0.407. The largest absolute Gasteiger partial charge is 0.493 e. The normalized spacial score (nSPS) is 11.5. The third-order valence-electron chi connectivity index (χ3n) is 5.40. The highest BCUT2D eigenvalue weighted by Gasteiger charge is 2.20. The molecule has 1 amide bonds. The first-order valence-electron chi connectivity index (χ1n) is 11.4. The number of hydrogen-bond acceptors (Lipinski definition) is 3. The monoisotopic (exact) mass is 433 g/mol. The van der Waals surface area contributed by atoms with Crippen molar-refractivity contribution in [2.45, 2.75) is 53.0 Å². The molecule has 0 radical (unpaired) electrons. The van der Waals surface area contributed by atoms with E-state index in [0.717, 1.165) is 60.4 Å². The summed E-state index contributed by atoms with van der Waals surface area (Å²) in [7, 11) is 0. The number of carbonyl (C=O) groups is 1. The SMILES string of the molecule is C=CCc1ccccc1OCCCn1c(CCCNC(=O)C(C)(C)C)nc2ccccc21. The van der Waals surface area contributed by atoms with E-state index in [1.807, 2.05) is 51.1 Å². The van der Waals surface area contributed by atoms with E-state index in [9.17, 15) is 4.79 Å². The Kier molecular flexibility index (Phi) is 8.09. The summed E-state index contributed by atoms with van der Waals surface area (Å²) >= 11 is 0. The number of aryl methyl sites for hydroxylation is 2. The minimum atomic E-state index is -0.364. The lowest BCUT2D eigenvalue weighted by atomic mass is 9.96. The molecule has 0 fully saturated rings. The number of rotatable bonds is 11. The van der Waals surface area contributed by atoms with E-state index in [1.54, 1.807) is 0 Å². The van der Waals surface area contributed by atoms with Gasteiger partial charge in [-0.25, -0.2) is 4.98 Å². The molecular weight excluding hydrogens is 398 g/mol. The van der Waals surface area contributed by atoms with E-state index in [1.165, 1.54) is 0 Å². The number of amides is 1. The highest BCUT2D eigenvalue weighted by molar-refractivity contribution is 5.81. The molecule has 5 nitrogen and oxygen atoms in total. The molecule has 0 saturated carbocycles. The van der Waals surface area contributed by atoms with Crippen LogP contribution >= 0.6 is 0 Å². The molecular formula is C27H35N3O2. The Morgan fingerprint density at radius 3 is 2.66 bits per heavy atom. The molecule has 5 heteroatoms. The van der Waals surface area contributed by atoms with Crippen LogP contribution in [-0.2, 0) is 24.2 Å². The van der Waals surface area contributed by atoms with Gasteiger partial charge in [0.2, 0.25) is 5.91 Å². The molecule has 3 aromatic rings. The van der Waals surface area contributed by atoms with Crippen LogP contribution in [0.3, 0.4) is 0 Å². The van der Waals surface area contributed by atoms with Gasteiger partial charge in [-0.1, -0.05) is 57.2 Å². The molecule has 1 aromatic heterocycles. The number of imidazole rings is 1. The smallest absolute Gasteiger partial charge is 0.225 e. The van der Waals surface area contributed by atoms with Crippen LogP contribution < -0.4 is 10.1 Å². The Labute approximate surface area is 191 Å². The number of allylic oxidation sites excluding steroid dienone is 1. The summed E-state index contributed by atoms with van der Waals surface area (Å²) in [6.07, 6.45) is 5.27. The quantitative estimate of drug-likeness (QED) is 0.328. The number of aromatic nitrogens is 2. The number of nitrogens with one attached hydrogen (secondary N) is 1. The van der Waals surface area contributed by atoms with Crippen LogP contribution in [0.4, 0.5) is 0 Å². The number of carbonyl (C=O) groups excluding carboxylic acids is 1. The lowest BCUT2D eigenvalue weighted by molar-refractivity contribution is -0.128. The van der Waals surface area contributed by atoms with Crippen molar-refractivity contribution < 1.29 is 9.53 Å². The van der Waals surface area contributed by atoms with Gasteiger partial charge in [-0.05, 0) is 43.0 Å². The maximum atomic E-state index is 12.1. The molecule has 0 aliphatic rings. The molecule has 1 N–H and O–H groups in total. The fourth-order valence-corrected chi connectivity index (χ4v) is 3.65. The predicted molar refractivity (Wildman–Crippen MR) is 131 cm³/mol. The topological polar surface area (TPSA) is 56.1 Å². The van der Waals surface area contributed by atoms with Gasteiger partial charge in [0, 0.05) is 24.9 Å². The van der Waals surface area contributed by atoms with Crippen molar-refractivity contribution in [2.24, 2.45) is 5.41 Å². The number of benzene rings is 2. The van der Waals surface area contributed by atoms with Crippen LogP contribution in [0.25, 0.3) is 11.0 Å². The number of nitrogens with zero attached hydrogens (tertiary/aromatic N) is 2. The highest BCUT2D eigenvalue weighted by atomic mass is 16.5. The van der Waals surface area contributed by atoms with E-state index in [4.69, 9.17) is 9.72 Å². The second-order valence-electron chi connectivity index (χ2n) is 9.08. The average Bonchev–Trinajstić information content (AvgIpc) is 3.12. The van der Waals surface area contributed by atoms with Crippen LogP contribution in [0.1, 0.15) is 45.0 Å². The molecule has 2 aromatic carbocycles. The molecule has 1 heterocycles. The van der Waals surface area contributed by atoms with Crippen molar-refractivity contribution >= 4 is 16.9 Å². The predicted octanol–water partition coefficient (Wildman–Crippen LogP) is 5.33. The zero-order chi connectivity index (χ0) is 23.0. The van der Waals surface area contributed by atoms with Crippen molar-refractivity contribution in [3.63, 3.8) is 0 Å². The molecule has 0 aliphatic carbocycles. The van der Waals surface area contributed by atoms with E-state index in [-0.39, 0.29) is 11.3 Å². The minimum Gasteiger partial charge on any atom is -0.493 e. The molecule has 32 heavy (non-hydrogen) atoms. The summed E-state index contributed by atoms with van der Waals surface area (Å²) < 4.78 is 8.36. The first-order valence-corrected chi connectivity index (χ1v) is 11.4. The van der Waals surface area contributed by atoms with Crippen molar-refractivity contribution in [3.05, 3.63) is 72.6 Å². The molecule has 0 spiro atoms.